The van der Waals surface area contributed by atoms with E-state index >= 15 is 0 Å². The number of likely N-dealkylation sites (tertiary alicyclic amines) is 1. The Morgan fingerprint density at radius 2 is 1.76 bits per heavy atom. The minimum absolute atomic E-state index is 0.103. The van der Waals surface area contributed by atoms with E-state index in [0.717, 1.165) is 42.4 Å². The van der Waals surface area contributed by atoms with Crippen LogP contribution in [0.15, 0.2) is 47.4 Å². The van der Waals surface area contributed by atoms with Crippen LogP contribution in [0.25, 0.3) is 22.2 Å². The number of aromatic carboxylic acids is 1. The molecule has 42 heavy (non-hydrogen) atoms. The number of halogens is 3. The van der Waals surface area contributed by atoms with Crippen LogP contribution in [0.1, 0.15) is 34.3 Å². The fraction of sp³-hybridized carbons (Fsp3) is 0.448. The predicted molar refractivity (Wildman–Crippen MR) is 151 cm³/mol. The number of alkyl halides is 3. The van der Waals surface area contributed by atoms with Crippen molar-refractivity contribution in [1.29, 1.82) is 0 Å². The fourth-order valence-electron chi connectivity index (χ4n) is 5.74. The molecule has 2 aliphatic heterocycles. The summed E-state index contributed by atoms with van der Waals surface area (Å²) < 4.78 is 73.1. The lowest BCUT2D eigenvalue weighted by molar-refractivity contribution is -0.137. The van der Waals surface area contributed by atoms with E-state index in [-0.39, 0.29) is 44.7 Å². The molecule has 2 aromatic carbocycles. The Kier molecular flexibility index (Phi) is 8.59. The van der Waals surface area contributed by atoms with Crippen LogP contribution >= 0.6 is 0 Å². The lowest BCUT2D eigenvalue weighted by atomic mass is 9.94. The van der Waals surface area contributed by atoms with Gasteiger partial charge in [0.1, 0.15) is 0 Å². The number of pyridine rings is 1. The van der Waals surface area contributed by atoms with E-state index in [4.69, 9.17) is 4.74 Å². The molecule has 0 amide bonds. The summed E-state index contributed by atoms with van der Waals surface area (Å²) in [4.78, 5) is 21.9. The second-order valence-electron chi connectivity index (χ2n) is 10.8. The van der Waals surface area contributed by atoms with Crippen molar-refractivity contribution in [2.24, 2.45) is 0 Å². The van der Waals surface area contributed by atoms with Gasteiger partial charge in [-0.05, 0) is 56.3 Å². The van der Waals surface area contributed by atoms with Gasteiger partial charge in [-0.15, -0.1) is 0 Å². The molecule has 0 radical (unpaired) electrons. The van der Waals surface area contributed by atoms with E-state index in [1.54, 1.807) is 0 Å². The summed E-state index contributed by atoms with van der Waals surface area (Å²) in [5.41, 5.74) is -0.352. The topological polar surface area (TPSA) is 103 Å². The molecule has 0 atom stereocenters. The molecule has 3 aromatic rings. The van der Waals surface area contributed by atoms with Gasteiger partial charge in [0.05, 0.1) is 40.4 Å². The van der Waals surface area contributed by atoms with Crippen LogP contribution < -0.4 is 0 Å². The van der Waals surface area contributed by atoms with E-state index in [1.807, 2.05) is 0 Å². The number of hydrogen-bond acceptors (Lipinski definition) is 7. The third-order valence-corrected chi connectivity index (χ3v) is 9.82. The number of carbonyl (C=O) groups is 1. The van der Waals surface area contributed by atoms with Crippen molar-refractivity contribution in [3.63, 3.8) is 0 Å². The largest absolute Gasteiger partial charge is 0.478 e. The average molecular weight is 607 g/mol. The van der Waals surface area contributed by atoms with E-state index in [0.29, 0.717) is 32.3 Å². The SMILES string of the molecule is CN(C)S(=O)(=O)c1ccc2nc(-c3cccc(C(F)(F)F)c3)c(CN3CCC(N4CCOCC4)CC3)c(C(=O)O)c2c1. The Bertz CT molecular complexity index is 1580. The molecule has 0 aliphatic carbocycles. The first kappa shape index (κ1) is 30.4. The van der Waals surface area contributed by atoms with E-state index in [9.17, 15) is 31.5 Å². The lowest BCUT2D eigenvalue weighted by Gasteiger charge is -2.40. The quantitative estimate of drug-likeness (QED) is 0.428. The molecule has 226 valence electrons. The Morgan fingerprint density at radius 1 is 1.07 bits per heavy atom. The normalized spacial score (nSPS) is 18.1. The van der Waals surface area contributed by atoms with Crippen molar-refractivity contribution in [3.8, 4) is 11.3 Å². The van der Waals surface area contributed by atoms with Gasteiger partial charge in [0, 0.05) is 56.3 Å². The van der Waals surface area contributed by atoms with Crippen molar-refractivity contribution in [2.75, 3.05) is 53.5 Å². The number of carboxylic acid groups (broad SMARTS) is 1. The molecule has 3 heterocycles. The number of carboxylic acids is 1. The van der Waals surface area contributed by atoms with Gasteiger partial charge in [-0.25, -0.2) is 22.5 Å². The van der Waals surface area contributed by atoms with E-state index in [1.165, 1.54) is 44.4 Å². The molecular weight excluding hydrogens is 573 g/mol. The molecule has 5 rings (SSSR count). The molecule has 0 unspecified atom stereocenters. The van der Waals surface area contributed by atoms with Crippen molar-refractivity contribution < 1.29 is 36.2 Å². The van der Waals surface area contributed by atoms with Gasteiger partial charge in [-0.1, -0.05) is 12.1 Å². The summed E-state index contributed by atoms with van der Waals surface area (Å²) in [6.07, 6.45) is -2.89. The minimum Gasteiger partial charge on any atom is -0.478 e. The number of sulfonamides is 1. The van der Waals surface area contributed by atoms with Crippen molar-refractivity contribution in [3.05, 3.63) is 59.2 Å². The average Bonchev–Trinajstić information content (AvgIpc) is 2.96. The maximum atomic E-state index is 13.6. The molecule has 9 nitrogen and oxygen atoms in total. The molecule has 0 spiro atoms. The minimum atomic E-state index is -4.60. The summed E-state index contributed by atoms with van der Waals surface area (Å²) >= 11 is 0. The zero-order valence-corrected chi connectivity index (χ0v) is 24.2. The first-order valence-corrected chi connectivity index (χ1v) is 15.1. The highest BCUT2D eigenvalue weighted by Crippen LogP contribution is 2.37. The summed E-state index contributed by atoms with van der Waals surface area (Å²) in [6.45, 7) is 4.57. The Morgan fingerprint density at radius 3 is 2.38 bits per heavy atom. The molecule has 0 saturated carbocycles. The number of rotatable bonds is 7. The molecule has 2 saturated heterocycles. The number of benzene rings is 2. The standard InChI is InChI=1S/C29H33F3N4O5S/c1-34(2)42(39,40)22-6-7-25-23(17-22)26(28(37)38)24(27(33-25)19-4-3-5-20(16-19)29(30,31)32)18-35-10-8-21(9-11-35)36-12-14-41-15-13-36/h3-7,16-17,21H,8-15,18H2,1-2H3,(H,37,38). The molecule has 1 N–H and O–H groups in total. The molecular formula is C29H33F3N4O5S. The van der Waals surface area contributed by atoms with Gasteiger partial charge >= 0.3 is 12.1 Å². The van der Waals surface area contributed by atoms with Crippen molar-refractivity contribution >= 4 is 26.9 Å². The molecule has 13 heteroatoms. The molecule has 2 aliphatic rings. The summed E-state index contributed by atoms with van der Waals surface area (Å²) in [5, 5.41) is 10.6. The number of aromatic nitrogens is 1. The van der Waals surface area contributed by atoms with Gasteiger partial charge < -0.3 is 9.84 Å². The number of ether oxygens (including phenoxy) is 1. The highest BCUT2D eigenvalue weighted by molar-refractivity contribution is 7.89. The number of morpholine rings is 1. The van der Waals surface area contributed by atoms with Gasteiger partial charge in [0.15, 0.2) is 0 Å². The maximum Gasteiger partial charge on any atom is 0.416 e. The first-order valence-electron chi connectivity index (χ1n) is 13.7. The number of fused-ring (bicyclic) bond motifs is 1. The van der Waals surface area contributed by atoms with Crippen LogP contribution in [0, 0.1) is 0 Å². The lowest BCUT2D eigenvalue weighted by Crippen LogP contribution is -2.48. The molecule has 2 fully saturated rings. The second kappa shape index (κ2) is 11.9. The van der Waals surface area contributed by atoms with E-state index < -0.39 is 27.7 Å². The highest BCUT2D eigenvalue weighted by Gasteiger charge is 2.32. The third kappa shape index (κ3) is 6.16. The van der Waals surface area contributed by atoms with Gasteiger partial charge in [0.2, 0.25) is 10.0 Å². The third-order valence-electron chi connectivity index (χ3n) is 8.01. The zero-order chi connectivity index (χ0) is 30.2. The van der Waals surface area contributed by atoms with Gasteiger partial charge in [0.25, 0.3) is 0 Å². The Hall–Kier alpha value is -3.10. The van der Waals surface area contributed by atoms with Gasteiger partial charge in [-0.2, -0.15) is 13.2 Å². The Labute approximate surface area is 242 Å². The van der Waals surface area contributed by atoms with Crippen molar-refractivity contribution in [1.82, 2.24) is 19.1 Å². The van der Waals surface area contributed by atoms with Crippen LogP contribution in [0.4, 0.5) is 13.2 Å². The molecule has 1 aromatic heterocycles. The fourth-order valence-corrected chi connectivity index (χ4v) is 6.67. The first-order chi connectivity index (χ1) is 19.9. The van der Waals surface area contributed by atoms with Crippen LogP contribution in [-0.2, 0) is 27.5 Å². The maximum absolute atomic E-state index is 13.6. The van der Waals surface area contributed by atoms with E-state index in [2.05, 4.69) is 14.8 Å². The molecule has 0 bridgehead atoms. The summed E-state index contributed by atoms with van der Waals surface area (Å²) in [7, 11) is -1.14. The van der Waals surface area contributed by atoms with Crippen LogP contribution in [0.2, 0.25) is 0 Å². The van der Waals surface area contributed by atoms with Crippen LogP contribution in [-0.4, -0.2) is 98.1 Å². The smallest absolute Gasteiger partial charge is 0.416 e. The number of piperidine rings is 1. The summed E-state index contributed by atoms with van der Waals surface area (Å²) in [6, 6.07) is 9.06. The zero-order valence-electron chi connectivity index (χ0n) is 23.4. The number of nitrogens with zero attached hydrogens (tertiary/aromatic N) is 4. The Balaban J connectivity index is 1.62. The van der Waals surface area contributed by atoms with Gasteiger partial charge in [-0.3, -0.25) is 9.80 Å². The van der Waals surface area contributed by atoms with Crippen LogP contribution in [0.5, 0.6) is 0 Å². The second-order valence-corrected chi connectivity index (χ2v) is 13.0. The highest BCUT2D eigenvalue weighted by atomic mass is 32.2. The van der Waals surface area contributed by atoms with Crippen molar-refractivity contribution in [2.45, 2.75) is 36.5 Å². The van der Waals surface area contributed by atoms with Crippen LogP contribution in [0.3, 0.4) is 0 Å². The number of hydrogen-bond donors (Lipinski definition) is 1. The monoisotopic (exact) mass is 606 g/mol. The predicted octanol–water partition coefficient (Wildman–Crippen LogP) is 4.17. The summed E-state index contributed by atoms with van der Waals surface area (Å²) in [5.74, 6) is -1.31.